The first kappa shape index (κ1) is 29.7. The van der Waals surface area contributed by atoms with E-state index in [4.69, 9.17) is 8.83 Å². The summed E-state index contributed by atoms with van der Waals surface area (Å²) >= 11 is 1.83. The quantitative estimate of drug-likeness (QED) is 0.182. The van der Waals surface area contributed by atoms with Crippen LogP contribution in [0.5, 0.6) is 0 Å². The van der Waals surface area contributed by atoms with E-state index in [0.29, 0.717) is 0 Å². The van der Waals surface area contributed by atoms with Gasteiger partial charge in [0.1, 0.15) is 16.7 Å². The zero-order valence-corrected chi connectivity index (χ0v) is 29.7. The molecule has 0 bridgehead atoms. The number of benzene rings is 9. The molecule has 3 heterocycles. The van der Waals surface area contributed by atoms with Gasteiger partial charge in [0.25, 0.3) is 0 Å². The predicted molar refractivity (Wildman–Crippen MR) is 229 cm³/mol. The fourth-order valence-electron chi connectivity index (χ4n) is 8.59. The van der Waals surface area contributed by atoms with Gasteiger partial charge in [-0.05, 0) is 87.9 Å². The van der Waals surface area contributed by atoms with E-state index in [1.165, 1.54) is 52.8 Å². The van der Waals surface area contributed by atoms with E-state index in [0.717, 1.165) is 60.9 Å². The molecule has 0 atom stereocenters. The van der Waals surface area contributed by atoms with Crippen molar-refractivity contribution in [1.29, 1.82) is 0 Å². The number of hydrogen-bond donors (Lipinski definition) is 0. The summed E-state index contributed by atoms with van der Waals surface area (Å²) in [5.74, 6) is 0. The van der Waals surface area contributed by atoms with Crippen molar-refractivity contribution in [2.75, 3.05) is 4.90 Å². The standard InChI is InChI=1S/C50H29NO2S/c1-3-12-35-30(9-1)11-7-15-36(35)32-19-22-33(23-20-32)51(42-17-8-16-39-38-14-5-6-18-43(38)52-50(39)42)34-24-27-45-41(29-34)48-46(54-45)28-26-44-47(48)40-25-21-31-10-2-4-13-37(31)49(40)53-44/h1-29H. The monoisotopic (exact) mass is 707 g/mol. The summed E-state index contributed by atoms with van der Waals surface area (Å²) in [6.07, 6.45) is 0. The highest BCUT2D eigenvalue weighted by Crippen LogP contribution is 2.48. The van der Waals surface area contributed by atoms with Gasteiger partial charge >= 0.3 is 0 Å². The van der Waals surface area contributed by atoms with E-state index in [1.807, 2.05) is 17.4 Å². The number of furan rings is 2. The Balaban J connectivity index is 1.10. The van der Waals surface area contributed by atoms with E-state index in [2.05, 4.69) is 175 Å². The van der Waals surface area contributed by atoms with Gasteiger partial charge in [-0.2, -0.15) is 0 Å². The third-order valence-electron chi connectivity index (χ3n) is 11.1. The second kappa shape index (κ2) is 11.3. The van der Waals surface area contributed by atoms with Gasteiger partial charge in [0.05, 0.1) is 5.69 Å². The van der Waals surface area contributed by atoms with Crippen LogP contribution in [0.1, 0.15) is 0 Å². The minimum atomic E-state index is 0.863. The second-order valence-electron chi connectivity index (χ2n) is 14.0. The Morgan fingerprint density at radius 2 is 1.07 bits per heavy atom. The van der Waals surface area contributed by atoms with E-state index in [-0.39, 0.29) is 0 Å². The molecule has 3 aromatic heterocycles. The van der Waals surface area contributed by atoms with Gasteiger partial charge in [0, 0.05) is 58.5 Å². The van der Waals surface area contributed by atoms with Crippen molar-refractivity contribution in [2.24, 2.45) is 0 Å². The first-order valence-electron chi connectivity index (χ1n) is 18.2. The molecule has 0 saturated carbocycles. The summed E-state index contributed by atoms with van der Waals surface area (Å²) in [6.45, 7) is 0. The van der Waals surface area contributed by atoms with Crippen LogP contribution in [-0.2, 0) is 0 Å². The molecule has 0 saturated heterocycles. The van der Waals surface area contributed by atoms with Crippen molar-refractivity contribution < 1.29 is 8.83 Å². The van der Waals surface area contributed by atoms with Gasteiger partial charge in [-0.1, -0.05) is 115 Å². The average Bonchev–Trinajstić information content (AvgIpc) is 3.92. The molecule has 54 heavy (non-hydrogen) atoms. The average molecular weight is 708 g/mol. The van der Waals surface area contributed by atoms with Crippen LogP contribution in [0.3, 0.4) is 0 Å². The van der Waals surface area contributed by atoms with Crippen molar-refractivity contribution in [3.8, 4) is 11.1 Å². The summed E-state index contributed by atoms with van der Waals surface area (Å²) in [4.78, 5) is 2.35. The van der Waals surface area contributed by atoms with Crippen LogP contribution in [0.4, 0.5) is 17.1 Å². The molecule has 0 fully saturated rings. The van der Waals surface area contributed by atoms with Crippen LogP contribution in [-0.4, -0.2) is 0 Å². The molecule has 0 N–H and O–H groups in total. The number of anilines is 3. The maximum atomic E-state index is 6.67. The molecule has 0 radical (unpaired) electrons. The molecule has 9 aromatic carbocycles. The first-order chi connectivity index (χ1) is 26.8. The Bertz CT molecular complexity index is 3450. The topological polar surface area (TPSA) is 29.5 Å². The Labute approximate surface area is 313 Å². The molecular formula is C50H29NO2S. The van der Waals surface area contributed by atoms with Crippen LogP contribution in [0.2, 0.25) is 0 Å². The van der Waals surface area contributed by atoms with E-state index < -0.39 is 0 Å². The number of fused-ring (bicyclic) bond motifs is 13. The Kier molecular flexibility index (Phi) is 6.21. The van der Waals surface area contributed by atoms with Gasteiger partial charge in [0.2, 0.25) is 0 Å². The number of hydrogen-bond acceptors (Lipinski definition) is 4. The molecule has 0 amide bonds. The maximum absolute atomic E-state index is 6.67. The van der Waals surface area contributed by atoms with Gasteiger partial charge in [-0.3, -0.25) is 0 Å². The number of thiophene rings is 1. The van der Waals surface area contributed by atoms with Crippen LogP contribution in [0.25, 0.3) is 96.7 Å². The van der Waals surface area contributed by atoms with Crippen LogP contribution in [0.15, 0.2) is 185 Å². The van der Waals surface area contributed by atoms with E-state index >= 15 is 0 Å². The summed E-state index contributed by atoms with van der Waals surface area (Å²) in [7, 11) is 0. The van der Waals surface area contributed by atoms with E-state index in [9.17, 15) is 0 Å². The minimum Gasteiger partial charge on any atom is -0.455 e. The fourth-order valence-corrected chi connectivity index (χ4v) is 9.69. The van der Waals surface area contributed by atoms with Crippen molar-refractivity contribution in [1.82, 2.24) is 0 Å². The Morgan fingerprint density at radius 3 is 1.96 bits per heavy atom. The lowest BCUT2D eigenvalue weighted by Gasteiger charge is -2.26. The van der Waals surface area contributed by atoms with Gasteiger partial charge < -0.3 is 13.7 Å². The highest BCUT2D eigenvalue weighted by Gasteiger charge is 2.22. The lowest BCUT2D eigenvalue weighted by Crippen LogP contribution is -2.10. The van der Waals surface area contributed by atoms with Crippen molar-refractivity contribution in [3.63, 3.8) is 0 Å². The third kappa shape index (κ3) is 4.29. The highest BCUT2D eigenvalue weighted by atomic mass is 32.1. The van der Waals surface area contributed by atoms with Gasteiger partial charge in [0.15, 0.2) is 5.58 Å². The van der Waals surface area contributed by atoms with Crippen molar-refractivity contribution in [2.45, 2.75) is 0 Å². The first-order valence-corrected chi connectivity index (χ1v) is 19.1. The normalized spacial score (nSPS) is 12.1. The lowest BCUT2D eigenvalue weighted by atomic mass is 9.98. The Hall–Kier alpha value is -6.88. The van der Waals surface area contributed by atoms with Crippen LogP contribution in [0, 0.1) is 0 Å². The predicted octanol–water partition coefficient (Wildman–Crippen LogP) is 15.3. The number of nitrogens with zero attached hydrogens (tertiary/aromatic N) is 1. The molecule has 0 aliphatic rings. The second-order valence-corrected chi connectivity index (χ2v) is 15.1. The zero-order valence-electron chi connectivity index (χ0n) is 28.9. The smallest absolute Gasteiger partial charge is 0.159 e. The van der Waals surface area contributed by atoms with Crippen molar-refractivity contribution >= 4 is 114 Å². The molecule has 4 heteroatoms. The summed E-state index contributed by atoms with van der Waals surface area (Å²) in [6, 6.07) is 63.0. The van der Waals surface area contributed by atoms with Crippen molar-refractivity contribution in [3.05, 3.63) is 176 Å². The third-order valence-corrected chi connectivity index (χ3v) is 12.2. The Morgan fingerprint density at radius 1 is 0.389 bits per heavy atom. The summed E-state index contributed by atoms with van der Waals surface area (Å²) < 4.78 is 15.8. The molecule has 0 aliphatic carbocycles. The molecule has 0 unspecified atom stereocenters. The van der Waals surface area contributed by atoms with Crippen LogP contribution >= 0.6 is 11.3 Å². The fraction of sp³-hybridized carbons (Fsp3) is 0. The zero-order chi connectivity index (χ0) is 35.3. The minimum absolute atomic E-state index is 0.863. The number of rotatable bonds is 4. The van der Waals surface area contributed by atoms with Crippen LogP contribution < -0.4 is 4.90 Å². The largest absolute Gasteiger partial charge is 0.455 e. The molecule has 252 valence electrons. The lowest BCUT2D eigenvalue weighted by molar-refractivity contribution is 0.669. The molecule has 0 aliphatic heterocycles. The molecular weight excluding hydrogens is 679 g/mol. The number of para-hydroxylation sites is 2. The molecule has 0 spiro atoms. The molecule has 12 aromatic rings. The summed E-state index contributed by atoms with van der Waals surface area (Å²) in [5.41, 5.74) is 9.10. The van der Waals surface area contributed by atoms with E-state index in [1.54, 1.807) is 0 Å². The maximum Gasteiger partial charge on any atom is 0.159 e. The highest BCUT2D eigenvalue weighted by molar-refractivity contribution is 7.26. The molecule has 3 nitrogen and oxygen atoms in total. The molecule has 12 rings (SSSR count). The van der Waals surface area contributed by atoms with Gasteiger partial charge in [-0.15, -0.1) is 11.3 Å². The summed E-state index contributed by atoms with van der Waals surface area (Å²) in [5, 5.41) is 11.8. The SMILES string of the molecule is c1ccc2c(-c3ccc(N(c4ccc5sc6ccc7oc8c9ccccc9ccc8c7c6c5c4)c4cccc5c4oc4ccccc45)cc3)cccc2c1. The van der Waals surface area contributed by atoms with Gasteiger partial charge in [-0.25, -0.2) is 0 Å².